The Morgan fingerprint density at radius 3 is 2.65 bits per heavy atom. The number of nitrogens with zero attached hydrogens (tertiary/aromatic N) is 1. The minimum absolute atomic E-state index is 0.0610. The van der Waals surface area contributed by atoms with Crippen molar-refractivity contribution in [1.82, 2.24) is 10.5 Å². The maximum atomic E-state index is 11.8. The predicted molar refractivity (Wildman–Crippen MR) is 63.6 cm³/mol. The van der Waals surface area contributed by atoms with Gasteiger partial charge in [-0.15, -0.1) is 0 Å². The van der Waals surface area contributed by atoms with Crippen LogP contribution >= 0.6 is 0 Å². The molecule has 0 fully saturated rings. The average Bonchev–Trinajstić information content (AvgIpc) is 2.77. The largest absolute Gasteiger partial charge is 0.351 e. The molecule has 1 aromatic carbocycles. The fourth-order valence-electron chi connectivity index (χ4n) is 1.56. The molecule has 4 heteroatoms. The van der Waals surface area contributed by atoms with Gasteiger partial charge < -0.3 is 9.84 Å². The van der Waals surface area contributed by atoms with E-state index in [2.05, 4.69) is 10.5 Å². The van der Waals surface area contributed by atoms with Crippen LogP contribution in [0.25, 0.3) is 0 Å². The fraction of sp³-hybridized carbons (Fsp3) is 0.231. The van der Waals surface area contributed by atoms with Crippen LogP contribution in [0.5, 0.6) is 0 Å². The van der Waals surface area contributed by atoms with Crippen LogP contribution in [-0.2, 0) is 0 Å². The molecule has 2 rings (SSSR count). The summed E-state index contributed by atoms with van der Waals surface area (Å²) in [4.78, 5) is 11.8. The summed E-state index contributed by atoms with van der Waals surface area (Å²) in [5.74, 6) is -0.00719. The van der Waals surface area contributed by atoms with Crippen LogP contribution in [0.2, 0.25) is 0 Å². The molecule has 1 N–H and O–H groups in total. The standard InChI is InChI=1S/C13H14N2O2/c1-9-8-12(17-15-9)13(16)14-10(2)11-6-4-3-5-7-11/h3-8,10H,1-2H3,(H,14,16). The summed E-state index contributed by atoms with van der Waals surface area (Å²) in [6.45, 7) is 3.71. The summed E-state index contributed by atoms with van der Waals surface area (Å²) in [5, 5.41) is 6.53. The van der Waals surface area contributed by atoms with Crippen molar-refractivity contribution in [3.05, 3.63) is 53.4 Å². The molecule has 1 atom stereocenters. The van der Waals surface area contributed by atoms with Gasteiger partial charge in [0.05, 0.1) is 11.7 Å². The van der Waals surface area contributed by atoms with Gasteiger partial charge in [-0.05, 0) is 19.4 Å². The van der Waals surface area contributed by atoms with E-state index in [-0.39, 0.29) is 17.7 Å². The molecule has 0 saturated carbocycles. The van der Waals surface area contributed by atoms with E-state index in [1.165, 1.54) is 0 Å². The van der Waals surface area contributed by atoms with Crippen LogP contribution in [0.3, 0.4) is 0 Å². The van der Waals surface area contributed by atoms with Gasteiger partial charge in [0, 0.05) is 6.07 Å². The highest BCUT2D eigenvalue weighted by atomic mass is 16.5. The molecular weight excluding hydrogens is 216 g/mol. The SMILES string of the molecule is Cc1cc(C(=O)NC(C)c2ccccc2)on1. The maximum absolute atomic E-state index is 11.8. The Balaban J connectivity index is 2.04. The molecule has 0 aliphatic carbocycles. The minimum Gasteiger partial charge on any atom is -0.351 e. The van der Waals surface area contributed by atoms with Crippen LogP contribution in [0.4, 0.5) is 0 Å². The zero-order valence-electron chi connectivity index (χ0n) is 9.81. The number of benzene rings is 1. The minimum atomic E-state index is -0.248. The first kappa shape index (κ1) is 11.4. The molecule has 0 spiro atoms. The number of aromatic nitrogens is 1. The van der Waals surface area contributed by atoms with Crippen molar-refractivity contribution in [2.45, 2.75) is 19.9 Å². The van der Waals surface area contributed by atoms with Gasteiger partial charge in [-0.1, -0.05) is 35.5 Å². The van der Waals surface area contributed by atoms with Crippen molar-refractivity contribution in [3.8, 4) is 0 Å². The van der Waals surface area contributed by atoms with E-state index in [4.69, 9.17) is 4.52 Å². The topological polar surface area (TPSA) is 55.1 Å². The zero-order valence-corrected chi connectivity index (χ0v) is 9.81. The summed E-state index contributed by atoms with van der Waals surface area (Å²) in [5.41, 5.74) is 1.75. The lowest BCUT2D eigenvalue weighted by Crippen LogP contribution is -2.26. The molecule has 1 unspecified atom stereocenters. The Morgan fingerprint density at radius 1 is 1.35 bits per heavy atom. The van der Waals surface area contributed by atoms with Gasteiger partial charge in [0.1, 0.15) is 0 Å². The van der Waals surface area contributed by atoms with E-state index in [1.54, 1.807) is 13.0 Å². The number of nitrogens with one attached hydrogen (secondary N) is 1. The smallest absolute Gasteiger partial charge is 0.290 e. The monoisotopic (exact) mass is 230 g/mol. The highest BCUT2D eigenvalue weighted by Gasteiger charge is 2.14. The summed E-state index contributed by atoms with van der Waals surface area (Å²) < 4.78 is 4.90. The lowest BCUT2D eigenvalue weighted by atomic mass is 10.1. The molecule has 0 aliphatic heterocycles. The Kier molecular flexibility index (Phi) is 3.23. The molecule has 0 bridgehead atoms. The van der Waals surface area contributed by atoms with Crippen molar-refractivity contribution in [2.24, 2.45) is 0 Å². The molecule has 1 heterocycles. The molecule has 0 radical (unpaired) electrons. The average molecular weight is 230 g/mol. The quantitative estimate of drug-likeness (QED) is 0.881. The number of hydrogen-bond acceptors (Lipinski definition) is 3. The van der Waals surface area contributed by atoms with E-state index in [0.717, 1.165) is 5.56 Å². The third kappa shape index (κ3) is 2.72. The summed E-state index contributed by atoms with van der Waals surface area (Å²) >= 11 is 0. The Bertz CT molecular complexity index is 505. The normalized spacial score (nSPS) is 12.1. The molecule has 2 aromatic rings. The van der Waals surface area contributed by atoms with Crippen LogP contribution in [0, 0.1) is 6.92 Å². The van der Waals surface area contributed by atoms with Crippen molar-refractivity contribution in [2.75, 3.05) is 0 Å². The lowest BCUT2D eigenvalue weighted by Gasteiger charge is -2.12. The summed E-state index contributed by atoms with van der Waals surface area (Å²) in [6.07, 6.45) is 0. The van der Waals surface area contributed by atoms with E-state index >= 15 is 0 Å². The van der Waals surface area contributed by atoms with Gasteiger partial charge in [-0.3, -0.25) is 4.79 Å². The number of carbonyl (C=O) groups is 1. The van der Waals surface area contributed by atoms with Crippen LogP contribution < -0.4 is 5.32 Å². The molecule has 1 aromatic heterocycles. The second-order valence-corrected chi connectivity index (χ2v) is 3.94. The van der Waals surface area contributed by atoms with Crippen molar-refractivity contribution in [3.63, 3.8) is 0 Å². The zero-order chi connectivity index (χ0) is 12.3. The van der Waals surface area contributed by atoms with Gasteiger partial charge in [0.15, 0.2) is 0 Å². The van der Waals surface area contributed by atoms with Gasteiger partial charge in [-0.25, -0.2) is 0 Å². The number of amides is 1. The fourth-order valence-corrected chi connectivity index (χ4v) is 1.56. The van der Waals surface area contributed by atoms with Crippen molar-refractivity contribution < 1.29 is 9.32 Å². The lowest BCUT2D eigenvalue weighted by molar-refractivity contribution is 0.0902. The Morgan fingerprint density at radius 2 is 2.06 bits per heavy atom. The van der Waals surface area contributed by atoms with E-state index in [0.29, 0.717) is 5.69 Å². The van der Waals surface area contributed by atoms with E-state index in [1.807, 2.05) is 37.3 Å². The first-order chi connectivity index (χ1) is 8.16. The molecule has 4 nitrogen and oxygen atoms in total. The summed E-state index contributed by atoms with van der Waals surface area (Å²) in [7, 11) is 0. The molecule has 17 heavy (non-hydrogen) atoms. The first-order valence-electron chi connectivity index (χ1n) is 5.46. The van der Waals surface area contributed by atoms with Crippen molar-refractivity contribution in [1.29, 1.82) is 0 Å². The highest BCUT2D eigenvalue weighted by Crippen LogP contribution is 2.12. The molecular formula is C13H14N2O2. The van der Waals surface area contributed by atoms with Gasteiger partial charge in [0.2, 0.25) is 5.76 Å². The van der Waals surface area contributed by atoms with Gasteiger partial charge >= 0.3 is 0 Å². The van der Waals surface area contributed by atoms with Crippen LogP contribution in [-0.4, -0.2) is 11.1 Å². The van der Waals surface area contributed by atoms with Crippen LogP contribution in [0.15, 0.2) is 40.9 Å². The number of hydrogen-bond donors (Lipinski definition) is 1. The van der Waals surface area contributed by atoms with Crippen LogP contribution in [0.1, 0.15) is 34.8 Å². The summed E-state index contributed by atoms with van der Waals surface area (Å²) in [6, 6.07) is 11.3. The van der Waals surface area contributed by atoms with Gasteiger partial charge in [0.25, 0.3) is 5.91 Å². The van der Waals surface area contributed by atoms with Crippen molar-refractivity contribution >= 4 is 5.91 Å². The van der Waals surface area contributed by atoms with Gasteiger partial charge in [-0.2, -0.15) is 0 Å². The number of aryl methyl sites for hydroxylation is 1. The Labute approximate surface area is 99.6 Å². The Hall–Kier alpha value is -2.10. The number of carbonyl (C=O) groups excluding carboxylic acids is 1. The molecule has 0 aliphatic rings. The van der Waals surface area contributed by atoms with E-state index < -0.39 is 0 Å². The molecule has 1 amide bonds. The van der Waals surface area contributed by atoms with E-state index in [9.17, 15) is 4.79 Å². The number of rotatable bonds is 3. The highest BCUT2D eigenvalue weighted by molar-refractivity contribution is 5.91. The molecule has 0 saturated heterocycles. The predicted octanol–water partition coefficient (Wildman–Crippen LogP) is 2.47. The third-order valence-corrected chi connectivity index (χ3v) is 2.50. The first-order valence-corrected chi connectivity index (χ1v) is 5.46. The maximum Gasteiger partial charge on any atom is 0.290 e. The molecule has 88 valence electrons. The third-order valence-electron chi connectivity index (χ3n) is 2.50. The second kappa shape index (κ2) is 4.82. The second-order valence-electron chi connectivity index (χ2n) is 3.94.